The van der Waals surface area contributed by atoms with Gasteiger partial charge < -0.3 is 30.1 Å². The number of carbonyl (C=O) groups is 1. The Labute approximate surface area is 202 Å². The summed E-state index contributed by atoms with van der Waals surface area (Å²) >= 11 is 0. The zero-order valence-corrected chi connectivity index (χ0v) is 21.5. The second kappa shape index (κ2) is 13.6. The van der Waals surface area contributed by atoms with E-state index in [1.54, 1.807) is 32.4 Å². The SMILES string of the molecule is CCNC(=NCC(O)c1cc(OC)ccc1OC)NC1CCN(C(=O)C(C)C)CC1.I. The van der Waals surface area contributed by atoms with Crippen LogP contribution in [0.2, 0.25) is 0 Å². The zero-order chi connectivity index (χ0) is 22.1. The Bertz CT molecular complexity index is 721. The Morgan fingerprint density at radius 3 is 2.48 bits per heavy atom. The number of guanidine groups is 1. The molecule has 1 aromatic carbocycles. The first kappa shape index (κ1) is 27.3. The number of hydrogen-bond acceptors (Lipinski definition) is 5. The van der Waals surface area contributed by atoms with Crippen molar-refractivity contribution in [2.24, 2.45) is 10.9 Å². The van der Waals surface area contributed by atoms with Crippen molar-refractivity contribution < 1.29 is 19.4 Å². The molecule has 2 rings (SSSR count). The van der Waals surface area contributed by atoms with Gasteiger partial charge >= 0.3 is 0 Å². The van der Waals surface area contributed by atoms with Crippen molar-refractivity contribution in [1.29, 1.82) is 0 Å². The number of piperidine rings is 1. The highest BCUT2D eigenvalue weighted by Crippen LogP contribution is 2.29. The van der Waals surface area contributed by atoms with Crippen molar-refractivity contribution in [1.82, 2.24) is 15.5 Å². The number of halogens is 1. The largest absolute Gasteiger partial charge is 0.497 e. The number of methoxy groups -OCH3 is 2. The van der Waals surface area contributed by atoms with E-state index in [4.69, 9.17) is 9.47 Å². The van der Waals surface area contributed by atoms with Crippen LogP contribution >= 0.6 is 24.0 Å². The molecule has 0 saturated carbocycles. The molecule has 0 aliphatic carbocycles. The summed E-state index contributed by atoms with van der Waals surface area (Å²) in [6.45, 7) is 8.27. The molecule has 0 aromatic heterocycles. The minimum absolute atomic E-state index is 0. The van der Waals surface area contributed by atoms with Crippen LogP contribution in [0, 0.1) is 5.92 Å². The van der Waals surface area contributed by atoms with Crippen LogP contribution in [0.5, 0.6) is 11.5 Å². The standard InChI is InChI=1S/C22H36N4O4.HI/c1-6-23-22(25-16-9-11-26(12-10-16)21(28)15(2)3)24-14-19(27)18-13-17(29-4)7-8-20(18)30-5;/h7-8,13,15-16,19,27H,6,9-12,14H2,1-5H3,(H2,23,24,25);1H. The van der Waals surface area contributed by atoms with Gasteiger partial charge in [0.2, 0.25) is 5.91 Å². The topological polar surface area (TPSA) is 95.4 Å². The van der Waals surface area contributed by atoms with Gasteiger partial charge in [-0.05, 0) is 38.0 Å². The van der Waals surface area contributed by atoms with Gasteiger partial charge in [0.15, 0.2) is 5.96 Å². The number of nitrogens with one attached hydrogen (secondary N) is 2. The lowest BCUT2D eigenvalue weighted by molar-refractivity contribution is -0.135. The van der Waals surface area contributed by atoms with Gasteiger partial charge in [0, 0.05) is 37.2 Å². The quantitative estimate of drug-likeness (QED) is 0.263. The fourth-order valence-corrected chi connectivity index (χ4v) is 3.50. The van der Waals surface area contributed by atoms with Crippen LogP contribution in [0.15, 0.2) is 23.2 Å². The highest BCUT2D eigenvalue weighted by atomic mass is 127. The van der Waals surface area contributed by atoms with E-state index in [1.807, 2.05) is 25.7 Å². The van der Waals surface area contributed by atoms with Gasteiger partial charge in [-0.3, -0.25) is 9.79 Å². The van der Waals surface area contributed by atoms with E-state index in [-0.39, 0.29) is 48.4 Å². The lowest BCUT2D eigenvalue weighted by atomic mass is 10.0. The van der Waals surface area contributed by atoms with E-state index >= 15 is 0 Å². The van der Waals surface area contributed by atoms with Crippen LogP contribution in [-0.2, 0) is 4.79 Å². The summed E-state index contributed by atoms with van der Waals surface area (Å²) in [4.78, 5) is 18.7. The van der Waals surface area contributed by atoms with Crippen LogP contribution in [0.25, 0.3) is 0 Å². The number of aliphatic hydroxyl groups is 1. The Kier molecular flexibility index (Phi) is 12.0. The van der Waals surface area contributed by atoms with Crippen molar-refractivity contribution in [3.05, 3.63) is 23.8 Å². The Morgan fingerprint density at radius 2 is 1.94 bits per heavy atom. The summed E-state index contributed by atoms with van der Waals surface area (Å²) in [5, 5.41) is 17.3. The van der Waals surface area contributed by atoms with E-state index in [1.165, 1.54) is 0 Å². The number of benzene rings is 1. The summed E-state index contributed by atoms with van der Waals surface area (Å²) in [5.41, 5.74) is 0.636. The fraction of sp³-hybridized carbons (Fsp3) is 0.636. The van der Waals surface area contributed by atoms with Crippen molar-refractivity contribution in [2.45, 2.75) is 45.8 Å². The molecule has 0 bridgehead atoms. The first-order chi connectivity index (χ1) is 14.4. The lowest BCUT2D eigenvalue weighted by Crippen LogP contribution is -2.50. The van der Waals surface area contributed by atoms with Gasteiger partial charge in [-0.25, -0.2) is 0 Å². The van der Waals surface area contributed by atoms with E-state index in [0.29, 0.717) is 23.0 Å². The van der Waals surface area contributed by atoms with Crippen LogP contribution < -0.4 is 20.1 Å². The number of likely N-dealkylation sites (tertiary alicyclic amines) is 1. The number of amides is 1. The molecule has 3 N–H and O–H groups in total. The molecular weight excluding hydrogens is 511 g/mol. The van der Waals surface area contributed by atoms with Crippen molar-refractivity contribution in [3.8, 4) is 11.5 Å². The lowest BCUT2D eigenvalue weighted by Gasteiger charge is -2.34. The average Bonchev–Trinajstić information content (AvgIpc) is 2.76. The van der Waals surface area contributed by atoms with Crippen molar-refractivity contribution in [3.63, 3.8) is 0 Å². The molecule has 1 aliphatic heterocycles. The molecule has 9 heteroatoms. The molecule has 1 heterocycles. The second-order valence-corrected chi connectivity index (χ2v) is 7.74. The first-order valence-electron chi connectivity index (χ1n) is 10.6. The molecule has 8 nitrogen and oxygen atoms in total. The van der Waals surface area contributed by atoms with E-state index in [9.17, 15) is 9.90 Å². The van der Waals surface area contributed by atoms with Gasteiger partial charge in [-0.1, -0.05) is 13.8 Å². The molecule has 1 aliphatic rings. The Hall–Kier alpha value is -1.75. The molecular formula is C22H37IN4O4. The van der Waals surface area contributed by atoms with Crippen molar-refractivity contribution in [2.75, 3.05) is 40.4 Å². The predicted octanol–water partition coefficient (Wildman–Crippen LogP) is 2.56. The number of nitrogens with zero attached hydrogens (tertiary/aromatic N) is 2. The number of ether oxygens (including phenoxy) is 2. The highest BCUT2D eigenvalue weighted by molar-refractivity contribution is 14.0. The predicted molar refractivity (Wildman–Crippen MR) is 133 cm³/mol. The fourth-order valence-electron chi connectivity index (χ4n) is 3.50. The van der Waals surface area contributed by atoms with Crippen LogP contribution in [-0.4, -0.2) is 68.3 Å². The second-order valence-electron chi connectivity index (χ2n) is 7.74. The van der Waals surface area contributed by atoms with Crippen LogP contribution in [0.1, 0.15) is 45.3 Å². The molecule has 1 atom stereocenters. The summed E-state index contributed by atoms with van der Waals surface area (Å²) in [5.74, 6) is 2.15. The van der Waals surface area contributed by atoms with E-state index < -0.39 is 6.10 Å². The minimum Gasteiger partial charge on any atom is -0.497 e. The van der Waals surface area contributed by atoms with Gasteiger partial charge in [0.1, 0.15) is 17.6 Å². The maximum atomic E-state index is 12.2. The van der Waals surface area contributed by atoms with Gasteiger partial charge in [-0.15, -0.1) is 24.0 Å². The summed E-state index contributed by atoms with van der Waals surface area (Å²) in [6.07, 6.45) is 0.917. The minimum atomic E-state index is -0.823. The third-order valence-corrected chi connectivity index (χ3v) is 5.20. The monoisotopic (exact) mass is 548 g/mol. The third-order valence-electron chi connectivity index (χ3n) is 5.20. The van der Waals surface area contributed by atoms with Gasteiger partial charge in [0.05, 0.1) is 20.8 Å². The molecule has 1 unspecified atom stereocenters. The molecule has 176 valence electrons. The number of aliphatic hydroxyl groups excluding tert-OH is 1. The number of carbonyl (C=O) groups excluding carboxylic acids is 1. The summed E-state index contributed by atoms with van der Waals surface area (Å²) in [7, 11) is 3.16. The number of aliphatic imine (C=N–C) groups is 1. The van der Waals surface area contributed by atoms with E-state index in [2.05, 4.69) is 15.6 Å². The molecule has 1 saturated heterocycles. The average molecular weight is 548 g/mol. The number of rotatable bonds is 8. The third kappa shape index (κ3) is 8.03. The maximum Gasteiger partial charge on any atom is 0.225 e. The highest BCUT2D eigenvalue weighted by Gasteiger charge is 2.24. The molecule has 0 spiro atoms. The number of hydrogen-bond donors (Lipinski definition) is 3. The normalized spacial score (nSPS) is 15.8. The Morgan fingerprint density at radius 1 is 1.26 bits per heavy atom. The van der Waals surface area contributed by atoms with Crippen LogP contribution in [0.3, 0.4) is 0 Å². The van der Waals surface area contributed by atoms with Crippen LogP contribution in [0.4, 0.5) is 0 Å². The van der Waals surface area contributed by atoms with Gasteiger partial charge in [-0.2, -0.15) is 0 Å². The Balaban J connectivity index is 0.00000480. The summed E-state index contributed by atoms with van der Waals surface area (Å²) in [6, 6.07) is 5.57. The molecule has 1 aromatic rings. The van der Waals surface area contributed by atoms with Crippen molar-refractivity contribution >= 4 is 35.8 Å². The first-order valence-corrected chi connectivity index (χ1v) is 10.6. The molecule has 0 radical (unpaired) electrons. The molecule has 1 amide bonds. The smallest absolute Gasteiger partial charge is 0.225 e. The van der Waals surface area contributed by atoms with Gasteiger partial charge in [0.25, 0.3) is 0 Å². The maximum absolute atomic E-state index is 12.2. The zero-order valence-electron chi connectivity index (χ0n) is 19.2. The summed E-state index contributed by atoms with van der Waals surface area (Å²) < 4.78 is 10.6. The van der Waals surface area contributed by atoms with E-state index in [0.717, 1.165) is 32.5 Å². The molecule has 31 heavy (non-hydrogen) atoms. The molecule has 1 fully saturated rings.